The summed E-state index contributed by atoms with van der Waals surface area (Å²) in [6, 6.07) is -0.0334. The van der Waals surface area contributed by atoms with Gasteiger partial charge in [0.1, 0.15) is 0 Å². The van der Waals surface area contributed by atoms with Gasteiger partial charge in [-0.25, -0.2) is 4.98 Å². The summed E-state index contributed by atoms with van der Waals surface area (Å²) < 4.78 is 0. The van der Waals surface area contributed by atoms with E-state index in [0.29, 0.717) is 11.9 Å². The van der Waals surface area contributed by atoms with Crippen LogP contribution < -0.4 is 5.32 Å². The highest BCUT2D eigenvalue weighted by Crippen LogP contribution is 2.08. The fourth-order valence-corrected chi connectivity index (χ4v) is 1.11. The van der Waals surface area contributed by atoms with Crippen molar-refractivity contribution in [3.05, 3.63) is 11.4 Å². The predicted molar refractivity (Wildman–Crippen MR) is 58.6 cm³/mol. The maximum atomic E-state index is 9.14. The van der Waals surface area contributed by atoms with Crippen LogP contribution in [0.1, 0.15) is 25.2 Å². The Morgan fingerprint density at radius 1 is 1.20 bits per heavy atom. The molecule has 0 aromatic carbocycles. The third kappa shape index (κ3) is 3.13. The number of nitrogens with zero attached hydrogens (tertiary/aromatic N) is 3. The minimum absolute atomic E-state index is 0.0334. The molecule has 0 bridgehead atoms. The number of nitrogens with one attached hydrogen (secondary N) is 1. The van der Waals surface area contributed by atoms with Crippen molar-refractivity contribution >= 4 is 5.95 Å². The van der Waals surface area contributed by atoms with Crippen LogP contribution >= 0.6 is 0 Å². The van der Waals surface area contributed by atoms with Crippen LogP contribution in [0.2, 0.25) is 0 Å². The van der Waals surface area contributed by atoms with Crippen molar-refractivity contribution in [3.63, 3.8) is 0 Å². The molecule has 0 aliphatic carbocycles. The zero-order valence-electron chi connectivity index (χ0n) is 9.65. The fraction of sp³-hybridized carbons (Fsp3) is 0.700. The molecule has 15 heavy (non-hydrogen) atoms. The maximum Gasteiger partial charge on any atom is 0.243 e. The van der Waals surface area contributed by atoms with E-state index in [0.717, 1.165) is 11.4 Å². The van der Waals surface area contributed by atoms with Gasteiger partial charge < -0.3 is 10.4 Å². The van der Waals surface area contributed by atoms with Crippen molar-refractivity contribution in [1.29, 1.82) is 0 Å². The van der Waals surface area contributed by atoms with Crippen LogP contribution in [-0.2, 0) is 0 Å². The third-order valence-corrected chi connectivity index (χ3v) is 2.41. The molecule has 1 rings (SSSR count). The van der Waals surface area contributed by atoms with E-state index >= 15 is 0 Å². The second kappa shape index (κ2) is 5.02. The summed E-state index contributed by atoms with van der Waals surface area (Å²) in [5, 5.41) is 20.1. The van der Waals surface area contributed by atoms with Gasteiger partial charge in [-0.05, 0) is 19.8 Å². The summed E-state index contributed by atoms with van der Waals surface area (Å²) in [6.45, 7) is 7.88. The molecule has 1 atom stereocenters. The van der Waals surface area contributed by atoms with Crippen molar-refractivity contribution < 1.29 is 5.11 Å². The van der Waals surface area contributed by atoms with Crippen LogP contribution in [-0.4, -0.2) is 32.9 Å². The van der Waals surface area contributed by atoms with Crippen molar-refractivity contribution in [3.8, 4) is 0 Å². The molecule has 1 unspecified atom stereocenters. The van der Waals surface area contributed by atoms with E-state index in [1.54, 1.807) is 0 Å². The Kier molecular flexibility index (Phi) is 3.96. The highest BCUT2D eigenvalue weighted by molar-refractivity contribution is 5.26. The van der Waals surface area contributed by atoms with Crippen molar-refractivity contribution in [2.75, 3.05) is 11.9 Å². The van der Waals surface area contributed by atoms with Crippen molar-refractivity contribution in [2.24, 2.45) is 5.92 Å². The monoisotopic (exact) mass is 210 g/mol. The molecule has 0 aliphatic heterocycles. The zero-order chi connectivity index (χ0) is 11.4. The van der Waals surface area contributed by atoms with Crippen molar-refractivity contribution in [2.45, 2.75) is 33.7 Å². The molecule has 0 saturated carbocycles. The van der Waals surface area contributed by atoms with Crippen LogP contribution in [0, 0.1) is 19.8 Å². The van der Waals surface area contributed by atoms with Crippen LogP contribution in [0.15, 0.2) is 0 Å². The average Bonchev–Trinajstić information content (AvgIpc) is 2.19. The summed E-state index contributed by atoms with van der Waals surface area (Å²) >= 11 is 0. The first-order chi connectivity index (χ1) is 7.04. The topological polar surface area (TPSA) is 70.9 Å². The molecule has 1 heterocycles. The number of rotatable bonds is 4. The largest absolute Gasteiger partial charge is 0.394 e. The summed E-state index contributed by atoms with van der Waals surface area (Å²) in [5.41, 5.74) is 1.68. The molecule has 0 saturated heterocycles. The Labute approximate surface area is 90.0 Å². The van der Waals surface area contributed by atoms with E-state index in [4.69, 9.17) is 5.11 Å². The van der Waals surface area contributed by atoms with Crippen LogP contribution in [0.4, 0.5) is 5.95 Å². The number of aliphatic hydroxyl groups excluding tert-OH is 1. The molecule has 2 N–H and O–H groups in total. The molecule has 0 aliphatic rings. The summed E-state index contributed by atoms with van der Waals surface area (Å²) in [6.07, 6.45) is 0. The van der Waals surface area contributed by atoms with E-state index in [9.17, 15) is 0 Å². The molecular formula is C10H18N4O. The van der Waals surface area contributed by atoms with Gasteiger partial charge >= 0.3 is 0 Å². The minimum Gasteiger partial charge on any atom is -0.394 e. The van der Waals surface area contributed by atoms with E-state index in [1.165, 1.54) is 0 Å². The van der Waals surface area contributed by atoms with E-state index in [-0.39, 0.29) is 12.6 Å². The maximum absolute atomic E-state index is 9.14. The molecule has 0 fully saturated rings. The molecule has 0 radical (unpaired) electrons. The van der Waals surface area contributed by atoms with Gasteiger partial charge in [0.2, 0.25) is 5.95 Å². The lowest BCUT2D eigenvalue weighted by molar-refractivity contribution is 0.248. The molecule has 1 aromatic heterocycles. The zero-order valence-corrected chi connectivity index (χ0v) is 9.65. The first-order valence-electron chi connectivity index (χ1n) is 5.10. The molecule has 1 aromatic rings. The van der Waals surface area contributed by atoms with Gasteiger partial charge in [0.25, 0.3) is 0 Å². The molecule has 84 valence electrons. The van der Waals surface area contributed by atoms with Crippen molar-refractivity contribution in [1.82, 2.24) is 15.2 Å². The van der Waals surface area contributed by atoms with E-state index in [2.05, 4.69) is 20.5 Å². The second-order valence-electron chi connectivity index (χ2n) is 3.98. The Morgan fingerprint density at radius 3 is 2.33 bits per heavy atom. The predicted octanol–water partition coefficient (Wildman–Crippen LogP) is 0.917. The quantitative estimate of drug-likeness (QED) is 0.773. The van der Waals surface area contributed by atoms with E-state index < -0.39 is 0 Å². The van der Waals surface area contributed by atoms with Crippen LogP contribution in [0.25, 0.3) is 0 Å². The van der Waals surface area contributed by atoms with Gasteiger partial charge in [-0.15, -0.1) is 5.10 Å². The number of hydrogen-bond acceptors (Lipinski definition) is 5. The lowest BCUT2D eigenvalue weighted by Gasteiger charge is -2.19. The lowest BCUT2D eigenvalue weighted by Crippen LogP contribution is -2.30. The lowest BCUT2D eigenvalue weighted by atomic mass is 10.1. The number of aromatic nitrogens is 3. The molecule has 5 heteroatoms. The number of anilines is 1. The van der Waals surface area contributed by atoms with Gasteiger partial charge in [-0.2, -0.15) is 5.10 Å². The van der Waals surface area contributed by atoms with Gasteiger partial charge in [0.15, 0.2) is 0 Å². The summed E-state index contributed by atoms with van der Waals surface area (Å²) in [5.74, 6) is 0.797. The highest BCUT2D eigenvalue weighted by Gasteiger charge is 2.13. The fourth-order valence-electron chi connectivity index (χ4n) is 1.11. The highest BCUT2D eigenvalue weighted by atomic mass is 16.3. The minimum atomic E-state index is -0.0334. The van der Waals surface area contributed by atoms with Gasteiger partial charge in [-0.1, -0.05) is 13.8 Å². The molecule has 0 amide bonds. The van der Waals surface area contributed by atoms with Crippen LogP contribution in [0.3, 0.4) is 0 Å². The Bertz CT molecular complexity index is 327. The Hall–Kier alpha value is -1.23. The van der Waals surface area contributed by atoms with Gasteiger partial charge in [0.05, 0.1) is 24.0 Å². The number of hydrogen-bond donors (Lipinski definition) is 2. The first-order valence-corrected chi connectivity index (χ1v) is 5.10. The smallest absolute Gasteiger partial charge is 0.243 e. The summed E-state index contributed by atoms with van der Waals surface area (Å²) in [7, 11) is 0. The SMILES string of the molecule is Cc1nnc(NC(CO)C(C)C)nc1C. The number of aryl methyl sites for hydroxylation is 2. The molecular weight excluding hydrogens is 192 g/mol. The standard InChI is InChI=1S/C10H18N4O/c1-6(2)9(5-15)12-10-11-7(3)8(4)13-14-10/h6,9,15H,5H2,1-4H3,(H,11,12,14). The van der Waals surface area contributed by atoms with Gasteiger partial charge in [0, 0.05) is 0 Å². The second-order valence-corrected chi connectivity index (χ2v) is 3.98. The van der Waals surface area contributed by atoms with Crippen LogP contribution in [0.5, 0.6) is 0 Å². The number of aliphatic hydroxyl groups is 1. The average molecular weight is 210 g/mol. The normalized spacial score (nSPS) is 12.9. The molecule has 5 nitrogen and oxygen atoms in total. The Balaban J connectivity index is 2.75. The molecule has 0 spiro atoms. The third-order valence-electron chi connectivity index (χ3n) is 2.41. The van der Waals surface area contributed by atoms with E-state index in [1.807, 2.05) is 27.7 Å². The first kappa shape index (κ1) is 11.8. The van der Waals surface area contributed by atoms with Gasteiger partial charge in [-0.3, -0.25) is 0 Å². The Morgan fingerprint density at radius 2 is 1.87 bits per heavy atom. The summed E-state index contributed by atoms with van der Waals surface area (Å²) in [4.78, 5) is 4.25.